The Morgan fingerprint density at radius 1 is 1.03 bits per heavy atom. The van der Waals surface area contributed by atoms with Crippen LogP contribution >= 0.6 is 0 Å². The Hall–Kier alpha value is -3.02. The standard InChI is InChI=1S/C26H33NO5/c1-19(2)27(26(30)20-11-13-22(14-12-20)32-23-15-16-23)18-21-8-5-6-9-24(21)31-17-7-3-4-10-25(28)29/h5-6,8-9,11-14,19,23H,3-4,7,10,15-18H2,1-2H3,(H,28,29). The number of rotatable bonds is 13. The van der Waals surface area contributed by atoms with Crippen LogP contribution in [0.2, 0.25) is 0 Å². The molecule has 1 amide bonds. The van der Waals surface area contributed by atoms with E-state index in [2.05, 4.69) is 0 Å². The van der Waals surface area contributed by atoms with E-state index in [0.29, 0.717) is 31.2 Å². The summed E-state index contributed by atoms with van der Waals surface area (Å²) in [5.41, 5.74) is 1.59. The Bertz CT molecular complexity index is 889. The van der Waals surface area contributed by atoms with Crippen LogP contribution in [0.5, 0.6) is 11.5 Å². The van der Waals surface area contributed by atoms with E-state index in [4.69, 9.17) is 14.6 Å². The van der Waals surface area contributed by atoms with Crippen molar-refractivity contribution in [2.45, 2.75) is 71.1 Å². The fourth-order valence-electron chi connectivity index (χ4n) is 3.41. The lowest BCUT2D eigenvalue weighted by Gasteiger charge is -2.28. The van der Waals surface area contributed by atoms with E-state index in [9.17, 15) is 9.59 Å². The van der Waals surface area contributed by atoms with Crippen molar-refractivity contribution in [3.05, 3.63) is 59.7 Å². The third kappa shape index (κ3) is 7.29. The average molecular weight is 440 g/mol. The van der Waals surface area contributed by atoms with Gasteiger partial charge in [0.05, 0.1) is 12.7 Å². The second-order valence-electron chi connectivity index (χ2n) is 8.53. The van der Waals surface area contributed by atoms with Crippen LogP contribution in [0.3, 0.4) is 0 Å². The van der Waals surface area contributed by atoms with Gasteiger partial charge in [-0.25, -0.2) is 0 Å². The molecular formula is C26H33NO5. The van der Waals surface area contributed by atoms with Gasteiger partial charge in [0, 0.05) is 30.1 Å². The summed E-state index contributed by atoms with van der Waals surface area (Å²) in [4.78, 5) is 25.7. The molecule has 0 atom stereocenters. The van der Waals surface area contributed by atoms with E-state index in [-0.39, 0.29) is 18.4 Å². The second kappa shape index (κ2) is 11.6. The highest BCUT2D eigenvalue weighted by Gasteiger charge is 2.24. The number of hydrogen-bond donors (Lipinski definition) is 1. The molecule has 0 radical (unpaired) electrons. The van der Waals surface area contributed by atoms with Gasteiger partial charge in [-0.2, -0.15) is 0 Å². The molecule has 0 bridgehead atoms. The Kier molecular flexibility index (Phi) is 8.54. The Morgan fingerprint density at radius 3 is 2.41 bits per heavy atom. The number of nitrogens with zero attached hydrogens (tertiary/aromatic N) is 1. The molecule has 2 aromatic rings. The smallest absolute Gasteiger partial charge is 0.303 e. The zero-order valence-electron chi connectivity index (χ0n) is 19.0. The number of carboxylic acids is 1. The number of aliphatic carboxylic acids is 1. The molecule has 1 aliphatic carbocycles. The Morgan fingerprint density at radius 2 is 1.75 bits per heavy atom. The third-order valence-corrected chi connectivity index (χ3v) is 5.42. The predicted molar refractivity (Wildman–Crippen MR) is 123 cm³/mol. The zero-order valence-corrected chi connectivity index (χ0v) is 19.0. The fourth-order valence-corrected chi connectivity index (χ4v) is 3.41. The van der Waals surface area contributed by atoms with Gasteiger partial charge in [0.2, 0.25) is 0 Å². The van der Waals surface area contributed by atoms with E-state index in [0.717, 1.165) is 42.7 Å². The summed E-state index contributed by atoms with van der Waals surface area (Å²) in [6, 6.07) is 15.2. The molecule has 1 saturated carbocycles. The minimum atomic E-state index is -0.764. The van der Waals surface area contributed by atoms with Crippen molar-refractivity contribution in [2.24, 2.45) is 0 Å². The van der Waals surface area contributed by atoms with E-state index in [1.807, 2.05) is 67.3 Å². The van der Waals surface area contributed by atoms with E-state index in [1.165, 1.54) is 0 Å². The van der Waals surface area contributed by atoms with E-state index >= 15 is 0 Å². The first-order valence-corrected chi connectivity index (χ1v) is 11.4. The molecule has 0 aliphatic heterocycles. The van der Waals surface area contributed by atoms with Crippen LogP contribution in [0, 0.1) is 0 Å². The summed E-state index contributed by atoms with van der Waals surface area (Å²) < 4.78 is 11.7. The lowest BCUT2D eigenvalue weighted by atomic mass is 10.1. The van der Waals surface area contributed by atoms with Gasteiger partial charge in [-0.3, -0.25) is 9.59 Å². The highest BCUT2D eigenvalue weighted by atomic mass is 16.5. The third-order valence-electron chi connectivity index (χ3n) is 5.42. The minimum Gasteiger partial charge on any atom is -0.493 e. The number of carbonyl (C=O) groups is 2. The summed E-state index contributed by atoms with van der Waals surface area (Å²) in [5.74, 6) is 0.779. The molecule has 1 aliphatic rings. The zero-order chi connectivity index (χ0) is 22.9. The molecule has 1 fully saturated rings. The molecule has 32 heavy (non-hydrogen) atoms. The molecule has 172 valence electrons. The molecule has 0 heterocycles. The number of para-hydroxylation sites is 1. The van der Waals surface area contributed by atoms with Gasteiger partial charge >= 0.3 is 5.97 Å². The van der Waals surface area contributed by atoms with Crippen LogP contribution < -0.4 is 9.47 Å². The number of ether oxygens (including phenoxy) is 2. The number of hydrogen-bond acceptors (Lipinski definition) is 4. The van der Waals surface area contributed by atoms with Crippen LogP contribution in [0.25, 0.3) is 0 Å². The van der Waals surface area contributed by atoms with E-state index < -0.39 is 5.97 Å². The molecule has 0 unspecified atom stereocenters. The van der Waals surface area contributed by atoms with Gasteiger partial charge in [-0.15, -0.1) is 0 Å². The van der Waals surface area contributed by atoms with Gasteiger partial charge in [-0.1, -0.05) is 18.2 Å². The highest BCUT2D eigenvalue weighted by Crippen LogP contribution is 2.27. The summed E-state index contributed by atoms with van der Waals surface area (Å²) in [5, 5.41) is 8.72. The Labute approximate surface area is 190 Å². The van der Waals surface area contributed by atoms with Crippen LogP contribution in [-0.2, 0) is 11.3 Å². The van der Waals surface area contributed by atoms with Crippen molar-refractivity contribution in [3.63, 3.8) is 0 Å². The SMILES string of the molecule is CC(C)N(Cc1ccccc1OCCCCCC(=O)O)C(=O)c1ccc(OC2CC2)cc1. The molecule has 0 spiro atoms. The van der Waals surface area contributed by atoms with Crippen LogP contribution in [0.15, 0.2) is 48.5 Å². The predicted octanol–water partition coefficient (Wildman–Crippen LogP) is 5.30. The fraction of sp³-hybridized carbons (Fsp3) is 0.462. The maximum absolute atomic E-state index is 13.2. The van der Waals surface area contributed by atoms with Crippen LogP contribution in [-0.4, -0.2) is 40.6 Å². The van der Waals surface area contributed by atoms with Crippen LogP contribution in [0.4, 0.5) is 0 Å². The number of carboxylic acid groups (broad SMARTS) is 1. The minimum absolute atomic E-state index is 0.0222. The second-order valence-corrected chi connectivity index (χ2v) is 8.53. The highest BCUT2D eigenvalue weighted by molar-refractivity contribution is 5.94. The first-order valence-electron chi connectivity index (χ1n) is 11.4. The van der Waals surface area contributed by atoms with E-state index in [1.54, 1.807) is 0 Å². The van der Waals surface area contributed by atoms with Crippen molar-refractivity contribution < 1.29 is 24.2 Å². The molecular weight excluding hydrogens is 406 g/mol. The maximum atomic E-state index is 13.2. The van der Waals surface area contributed by atoms with Crippen LogP contribution in [0.1, 0.15) is 68.3 Å². The van der Waals surface area contributed by atoms with Gasteiger partial charge in [-0.05, 0) is 76.3 Å². The van der Waals surface area contributed by atoms with Gasteiger partial charge in [0.1, 0.15) is 11.5 Å². The van der Waals surface area contributed by atoms with Crippen molar-refractivity contribution in [2.75, 3.05) is 6.61 Å². The first kappa shape index (κ1) is 23.6. The van der Waals surface area contributed by atoms with Gasteiger partial charge in [0.15, 0.2) is 0 Å². The summed E-state index contributed by atoms with van der Waals surface area (Å²) in [6.07, 6.45) is 4.99. The van der Waals surface area contributed by atoms with Gasteiger partial charge in [0.25, 0.3) is 5.91 Å². The lowest BCUT2D eigenvalue weighted by molar-refractivity contribution is -0.137. The molecule has 2 aromatic carbocycles. The topological polar surface area (TPSA) is 76.1 Å². The van der Waals surface area contributed by atoms with Crippen molar-refractivity contribution >= 4 is 11.9 Å². The number of unbranched alkanes of at least 4 members (excludes halogenated alkanes) is 2. The quantitative estimate of drug-likeness (QED) is 0.429. The first-order chi connectivity index (χ1) is 15.4. The van der Waals surface area contributed by atoms with Crippen molar-refractivity contribution in [1.82, 2.24) is 4.90 Å². The molecule has 0 aromatic heterocycles. The Balaban J connectivity index is 1.60. The number of carbonyl (C=O) groups excluding carboxylic acids is 1. The lowest BCUT2D eigenvalue weighted by Crippen LogP contribution is -2.36. The summed E-state index contributed by atoms with van der Waals surface area (Å²) in [7, 11) is 0. The van der Waals surface area contributed by atoms with Crippen molar-refractivity contribution in [3.8, 4) is 11.5 Å². The number of amides is 1. The average Bonchev–Trinajstić information content (AvgIpc) is 3.59. The molecule has 3 rings (SSSR count). The molecule has 0 saturated heterocycles. The molecule has 6 heteroatoms. The summed E-state index contributed by atoms with van der Waals surface area (Å²) in [6.45, 7) is 4.99. The monoisotopic (exact) mass is 439 g/mol. The molecule has 6 nitrogen and oxygen atoms in total. The summed E-state index contributed by atoms with van der Waals surface area (Å²) >= 11 is 0. The number of benzene rings is 2. The molecule has 1 N–H and O–H groups in total. The van der Waals surface area contributed by atoms with Crippen molar-refractivity contribution in [1.29, 1.82) is 0 Å². The largest absolute Gasteiger partial charge is 0.493 e. The normalized spacial score (nSPS) is 13.1. The maximum Gasteiger partial charge on any atom is 0.303 e. The van der Waals surface area contributed by atoms with Gasteiger partial charge < -0.3 is 19.5 Å².